The van der Waals surface area contributed by atoms with Crippen LogP contribution in [0.3, 0.4) is 0 Å². The standard InChI is InChI=1S/C15H19N5O2S/c21-13(8-6-7-8)18-15-17-12-11(23-15)10(19-20-12)14(22)16-9-4-2-1-3-5-9/h8-9H,1-7H2,(H,16,22)(H2,17,18,19,20,21). The van der Waals surface area contributed by atoms with E-state index in [1.165, 1.54) is 30.6 Å². The van der Waals surface area contributed by atoms with Crippen LogP contribution in [0.5, 0.6) is 0 Å². The van der Waals surface area contributed by atoms with Crippen molar-refractivity contribution < 1.29 is 9.59 Å². The van der Waals surface area contributed by atoms with E-state index in [2.05, 4.69) is 25.8 Å². The molecule has 2 aliphatic carbocycles. The maximum absolute atomic E-state index is 12.4. The van der Waals surface area contributed by atoms with Crippen LogP contribution >= 0.6 is 11.3 Å². The Hall–Kier alpha value is -1.96. The van der Waals surface area contributed by atoms with E-state index in [1.54, 1.807) is 0 Å². The van der Waals surface area contributed by atoms with E-state index >= 15 is 0 Å². The number of hydrogen-bond donors (Lipinski definition) is 3. The van der Waals surface area contributed by atoms with Gasteiger partial charge in [0.2, 0.25) is 5.91 Å². The number of H-pyrrole nitrogens is 1. The van der Waals surface area contributed by atoms with Crippen LogP contribution in [-0.4, -0.2) is 33.0 Å². The molecule has 122 valence electrons. The molecule has 2 aliphatic rings. The lowest BCUT2D eigenvalue weighted by Crippen LogP contribution is -2.36. The van der Waals surface area contributed by atoms with Gasteiger partial charge in [0.1, 0.15) is 4.70 Å². The molecule has 2 amide bonds. The number of carbonyl (C=O) groups is 2. The predicted molar refractivity (Wildman–Crippen MR) is 87.5 cm³/mol. The molecule has 0 saturated heterocycles. The zero-order valence-electron chi connectivity index (χ0n) is 12.7. The van der Waals surface area contributed by atoms with Gasteiger partial charge in [-0.15, -0.1) is 0 Å². The minimum Gasteiger partial charge on any atom is -0.348 e. The number of nitrogens with zero attached hydrogens (tertiary/aromatic N) is 2. The molecule has 7 nitrogen and oxygen atoms in total. The number of aromatic nitrogens is 3. The Morgan fingerprint density at radius 2 is 1.91 bits per heavy atom. The second-order valence-electron chi connectivity index (χ2n) is 6.34. The first-order valence-corrected chi connectivity index (χ1v) is 8.99. The van der Waals surface area contributed by atoms with Crippen molar-refractivity contribution in [3.05, 3.63) is 5.69 Å². The van der Waals surface area contributed by atoms with Gasteiger partial charge in [-0.1, -0.05) is 30.6 Å². The lowest BCUT2D eigenvalue weighted by atomic mass is 9.95. The molecule has 2 aromatic heterocycles. The molecule has 4 rings (SSSR count). The Balaban J connectivity index is 1.49. The summed E-state index contributed by atoms with van der Waals surface area (Å²) < 4.78 is 0.699. The molecule has 2 saturated carbocycles. The van der Waals surface area contributed by atoms with Gasteiger partial charge in [0.05, 0.1) is 0 Å². The summed E-state index contributed by atoms with van der Waals surface area (Å²) in [6, 6.07) is 0.241. The van der Waals surface area contributed by atoms with E-state index in [0.717, 1.165) is 25.7 Å². The number of rotatable bonds is 4. The average Bonchev–Trinajstić information content (AvgIpc) is 3.22. The van der Waals surface area contributed by atoms with E-state index in [-0.39, 0.29) is 23.8 Å². The van der Waals surface area contributed by atoms with E-state index in [1.807, 2.05) is 0 Å². The first-order chi connectivity index (χ1) is 11.2. The molecule has 2 aromatic rings. The molecule has 0 aromatic carbocycles. The zero-order chi connectivity index (χ0) is 15.8. The fourth-order valence-electron chi connectivity index (χ4n) is 2.98. The van der Waals surface area contributed by atoms with Crippen LogP contribution in [0.25, 0.3) is 10.3 Å². The van der Waals surface area contributed by atoms with Crippen LogP contribution < -0.4 is 10.6 Å². The van der Waals surface area contributed by atoms with Crippen LogP contribution in [0.4, 0.5) is 5.13 Å². The van der Waals surface area contributed by atoms with E-state index < -0.39 is 0 Å². The van der Waals surface area contributed by atoms with Crippen LogP contribution in [0.2, 0.25) is 0 Å². The molecule has 0 spiro atoms. The Labute approximate surface area is 137 Å². The van der Waals surface area contributed by atoms with Gasteiger partial charge in [-0.05, 0) is 25.7 Å². The Morgan fingerprint density at radius 3 is 2.65 bits per heavy atom. The number of fused-ring (bicyclic) bond motifs is 1. The highest BCUT2D eigenvalue weighted by molar-refractivity contribution is 7.22. The monoisotopic (exact) mass is 333 g/mol. The molecule has 8 heteroatoms. The number of hydrogen-bond acceptors (Lipinski definition) is 5. The largest absolute Gasteiger partial charge is 0.348 e. The molecule has 0 bridgehead atoms. The SMILES string of the molecule is O=C(NC1CCCCC1)c1n[nH]c2nc(NC(=O)C3CC3)sc12. The van der Waals surface area contributed by atoms with E-state index in [4.69, 9.17) is 0 Å². The predicted octanol–water partition coefficient (Wildman–Crippen LogP) is 2.43. The summed E-state index contributed by atoms with van der Waals surface area (Å²) in [6.45, 7) is 0. The minimum atomic E-state index is -0.160. The molecular formula is C15H19N5O2S. The highest BCUT2D eigenvalue weighted by Gasteiger charge is 2.30. The maximum Gasteiger partial charge on any atom is 0.273 e. The third-order valence-electron chi connectivity index (χ3n) is 4.45. The second kappa shape index (κ2) is 5.92. The summed E-state index contributed by atoms with van der Waals surface area (Å²) in [6.07, 6.45) is 7.54. The van der Waals surface area contributed by atoms with E-state index in [0.29, 0.717) is 21.2 Å². The Kier molecular flexibility index (Phi) is 3.76. The molecule has 2 fully saturated rings. The lowest BCUT2D eigenvalue weighted by molar-refractivity contribution is -0.117. The normalized spacial score (nSPS) is 19.0. The summed E-state index contributed by atoms with van der Waals surface area (Å²) in [5.74, 6) is -0.0149. The van der Waals surface area contributed by atoms with Crippen LogP contribution in [0.15, 0.2) is 0 Å². The van der Waals surface area contributed by atoms with Gasteiger partial charge in [-0.25, -0.2) is 4.98 Å². The highest BCUT2D eigenvalue weighted by Crippen LogP contribution is 2.32. The number of thiazole rings is 1. The fraction of sp³-hybridized carbons (Fsp3) is 0.600. The molecule has 3 N–H and O–H groups in total. The average molecular weight is 333 g/mol. The van der Waals surface area contributed by atoms with Gasteiger partial charge in [0, 0.05) is 12.0 Å². The first kappa shape index (κ1) is 14.6. The Morgan fingerprint density at radius 1 is 1.13 bits per heavy atom. The van der Waals surface area contributed by atoms with Gasteiger partial charge >= 0.3 is 0 Å². The molecule has 23 heavy (non-hydrogen) atoms. The minimum absolute atomic E-state index is 0.0163. The van der Waals surface area contributed by atoms with Crippen molar-refractivity contribution in [1.82, 2.24) is 20.5 Å². The van der Waals surface area contributed by atoms with Gasteiger partial charge in [0.15, 0.2) is 16.5 Å². The molecule has 0 aliphatic heterocycles. The van der Waals surface area contributed by atoms with E-state index in [9.17, 15) is 9.59 Å². The summed E-state index contributed by atoms with van der Waals surface area (Å²) >= 11 is 1.30. The third-order valence-corrected chi connectivity index (χ3v) is 5.43. The van der Waals surface area contributed by atoms with Crippen molar-refractivity contribution in [3.63, 3.8) is 0 Å². The topological polar surface area (TPSA) is 99.8 Å². The smallest absolute Gasteiger partial charge is 0.273 e. The second-order valence-corrected chi connectivity index (χ2v) is 7.34. The lowest BCUT2D eigenvalue weighted by Gasteiger charge is -2.22. The molecular weight excluding hydrogens is 314 g/mol. The van der Waals surface area contributed by atoms with Crippen molar-refractivity contribution in [1.29, 1.82) is 0 Å². The maximum atomic E-state index is 12.4. The van der Waals surface area contributed by atoms with Crippen molar-refractivity contribution in [2.24, 2.45) is 5.92 Å². The van der Waals surface area contributed by atoms with Crippen molar-refractivity contribution in [2.45, 2.75) is 51.0 Å². The van der Waals surface area contributed by atoms with Crippen molar-refractivity contribution in [3.8, 4) is 0 Å². The quantitative estimate of drug-likeness (QED) is 0.800. The van der Waals surface area contributed by atoms with Gasteiger partial charge < -0.3 is 10.6 Å². The fourth-order valence-corrected chi connectivity index (χ4v) is 3.88. The number of anilines is 1. The number of aromatic amines is 1. The summed E-state index contributed by atoms with van der Waals surface area (Å²) in [5.41, 5.74) is 0.921. The zero-order valence-corrected chi connectivity index (χ0v) is 13.5. The van der Waals surface area contributed by atoms with Crippen LogP contribution in [0.1, 0.15) is 55.4 Å². The first-order valence-electron chi connectivity index (χ1n) is 8.17. The number of nitrogens with one attached hydrogen (secondary N) is 3. The highest BCUT2D eigenvalue weighted by atomic mass is 32.1. The van der Waals surface area contributed by atoms with Gasteiger partial charge in [-0.3, -0.25) is 14.7 Å². The summed E-state index contributed by atoms with van der Waals surface area (Å²) in [7, 11) is 0. The third kappa shape index (κ3) is 3.08. The Bertz CT molecular complexity index is 742. The number of amides is 2. The van der Waals surface area contributed by atoms with Crippen LogP contribution in [0, 0.1) is 5.92 Å². The van der Waals surface area contributed by atoms with Crippen LogP contribution in [-0.2, 0) is 4.79 Å². The summed E-state index contributed by atoms with van der Waals surface area (Å²) in [4.78, 5) is 28.5. The summed E-state index contributed by atoms with van der Waals surface area (Å²) in [5, 5.41) is 13.3. The van der Waals surface area contributed by atoms with Crippen molar-refractivity contribution >= 4 is 38.6 Å². The van der Waals surface area contributed by atoms with Crippen molar-refractivity contribution in [2.75, 3.05) is 5.32 Å². The molecule has 0 atom stereocenters. The number of carbonyl (C=O) groups excluding carboxylic acids is 2. The molecule has 2 heterocycles. The van der Waals surface area contributed by atoms with Gasteiger partial charge in [0.25, 0.3) is 5.91 Å². The molecule has 0 radical (unpaired) electrons. The van der Waals surface area contributed by atoms with Gasteiger partial charge in [-0.2, -0.15) is 5.10 Å². The molecule has 0 unspecified atom stereocenters.